The number of anilines is 1. The Morgan fingerprint density at radius 2 is 1.91 bits per heavy atom. The molecule has 0 saturated carbocycles. The smallest absolute Gasteiger partial charge is 0.248 e. The van der Waals surface area contributed by atoms with Gasteiger partial charge in [-0.05, 0) is 48.2 Å². The van der Waals surface area contributed by atoms with Crippen molar-refractivity contribution < 1.29 is 14.3 Å². The molecule has 0 atom stereocenters. The van der Waals surface area contributed by atoms with Crippen LogP contribution in [0.4, 0.5) is 5.69 Å². The number of amides is 2. The first-order valence-corrected chi connectivity index (χ1v) is 8.38. The fraction of sp³-hybridized carbons (Fsp3) is 0.176. The average molecular weight is 330 g/mol. The number of nitrogens with two attached hydrogens (primary N) is 1. The number of rotatable bonds is 7. The molecule has 6 heteroatoms. The van der Waals surface area contributed by atoms with Gasteiger partial charge in [0.15, 0.2) is 0 Å². The maximum atomic E-state index is 11.5. The topological polar surface area (TPSA) is 81.4 Å². The number of primary amides is 1. The van der Waals surface area contributed by atoms with Crippen LogP contribution < -0.4 is 15.8 Å². The summed E-state index contributed by atoms with van der Waals surface area (Å²) >= 11 is 1.47. The maximum Gasteiger partial charge on any atom is 0.248 e. The second-order valence-electron chi connectivity index (χ2n) is 4.86. The molecule has 0 spiro atoms. The molecule has 2 amide bonds. The molecule has 0 aromatic heterocycles. The minimum atomic E-state index is -0.461. The summed E-state index contributed by atoms with van der Waals surface area (Å²) in [5.74, 6) is 0.609. The number of hydrogen-bond donors (Lipinski definition) is 2. The van der Waals surface area contributed by atoms with E-state index in [1.165, 1.54) is 11.8 Å². The van der Waals surface area contributed by atoms with Crippen molar-refractivity contribution in [3.8, 4) is 5.75 Å². The second-order valence-corrected chi connectivity index (χ2v) is 5.72. The van der Waals surface area contributed by atoms with Gasteiger partial charge in [0.25, 0.3) is 0 Å². The van der Waals surface area contributed by atoms with Crippen molar-refractivity contribution in [2.75, 3.05) is 17.3 Å². The van der Waals surface area contributed by atoms with E-state index < -0.39 is 5.91 Å². The van der Waals surface area contributed by atoms with Gasteiger partial charge in [0.1, 0.15) is 12.4 Å². The Hall–Kier alpha value is -2.47. The number of carbonyl (C=O) groups is 2. The number of carbonyl (C=O) groups excluding carboxylic acids is 2. The van der Waals surface area contributed by atoms with E-state index >= 15 is 0 Å². The fourth-order valence-corrected chi connectivity index (χ4v) is 2.28. The molecule has 0 saturated heterocycles. The third-order valence-electron chi connectivity index (χ3n) is 3.03. The van der Waals surface area contributed by atoms with Crippen LogP contribution in [0.25, 0.3) is 0 Å². The Labute approximate surface area is 139 Å². The normalized spacial score (nSPS) is 10.1. The average Bonchev–Trinajstić information content (AvgIpc) is 2.54. The zero-order chi connectivity index (χ0) is 16.7. The second kappa shape index (κ2) is 8.24. The predicted octanol–water partition coefficient (Wildman–Crippen LogP) is 2.67. The van der Waals surface area contributed by atoms with Gasteiger partial charge in [-0.25, -0.2) is 0 Å². The van der Waals surface area contributed by atoms with Crippen molar-refractivity contribution in [1.82, 2.24) is 0 Å². The highest BCUT2D eigenvalue weighted by Gasteiger charge is 2.03. The van der Waals surface area contributed by atoms with Crippen LogP contribution in [0.5, 0.6) is 5.75 Å². The Balaban J connectivity index is 1.92. The minimum absolute atomic E-state index is 0.0329. The number of thioether (sulfide) groups is 1. The number of nitrogens with one attached hydrogen (secondary N) is 1. The number of benzene rings is 2. The van der Waals surface area contributed by atoms with Crippen LogP contribution in [-0.4, -0.2) is 23.8 Å². The highest BCUT2D eigenvalue weighted by molar-refractivity contribution is 7.99. The van der Waals surface area contributed by atoms with Gasteiger partial charge in [-0.3, -0.25) is 9.59 Å². The first-order valence-electron chi connectivity index (χ1n) is 6.99. The van der Waals surface area contributed by atoms with Crippen molar-refractivity contribution in [3.63, 3.8) is 0 Å². The maximum absolute atomic E-state index is 11.5. The summed E-state index contributed by atoms with van der Waals surface area (Å²) in [7, 11) is 0. The summed E-state index contributed by atoms with van der Waals surface area (Å²) in [5, 5.41) is 2.80. The van der Waals surface area contributed by atoms with Crippen LogP contribution in [0, 0.1) is 0 Å². The Morgan fingerprint density at radius 1 is 1.17 bits per heavy atom. The van der Waals surface area contributed by atoms with Crippen LogP contribution in [0.3, 0.4) is 0 Å². The Kier molecular flexibility index (Phi) is 6.05. The molecule has 0 aliphatic carbocycles. The first-order chi connectivity index (χ1) is 11.1. The Morgan fingerprint density at radius 3 is 2.57 bits per heavy atom. The molecule has 0 aliphatic rings. The van der Waals surface area contributed by atoms with Gasteiger partial charge in [-0.15, -0.1) is 0 Å². The molecule has 2 rings (SSSR count). The lowest BCUT2D eigenvalue weighted by atomic mass is 10.1. The summed E-state index contributed by atoms with van der Waals surface area (Å²) in [6, 6.07) is 14.1. The molecule has 0 aliphatic heterocycles. The summed E-state index contributed by atoms with van der Waals surface area (Å²) in [4.78, 5) is 22.6. The summed E-state index contributed by atoms with van der Waals surface area (Å²) in [5.41, 5.74) is 7.30. The van der Waals surface area contributed by atoms with E-state index in [2.05, 4.69) is 5.32 Å². The SMILES string of the molecule is CSCC(=O)Nc1ccc(OCc2cccc(C(N)=O)c2)cc1. The standard InChI is InChI=1S/C17H18N2O3S/c1-23-11-16(20)19-14-5-7-15(8-6-14)22-10-12-3-2-4-13(9-12)17(18)21/h2-9H,10-11H2,1H3,(H2,18,21)(H,19,20). The molecule has 23 heavy (non-hydrogen) atoms. The zero-order valence-corrected chi connectivity index (χ0v) is 13.6. The molecule has 2 aromatic carbocycles. The van der Waals surface area contributed by atoms with Gasteiger partial charge >= 0.3 is 0 Å². The van der Waals surface area contributed by atoms with Crippen molar-refractivity contribution >= 4 is 29.3 Å². The van der Waals surface area contributed by atoms with Crippen LogP contribution in [0.15, 0.2) is 48.5 Å². The van der Waals surface area contributed by atoms with E-state index in [1.54, 1.807) is 42.5 Å². The third kappa shape index (κ3) is 5.34. The van der Waals surface area contributed by atoms with Crippen LogP contribution in [0.2, 0.25) is 0 Å². The molecule has 2 aromatic rings. The predicted molar refractivity (Wildman–Crippen MR) is 92.7 cm³/mol. The van der Waals surface area contributed by atoms with Gasteiger partial charge in [-0.2, -0.15) is 11.8 Å². The van der Waals surface area contributed by atoms with E-state index in [4.69, 9.17) is 10.5 Å². The van der Waals surface area contributed by atoms with Gasteiger partial charge < -0.3 is 15.8 Å². The van der Waals surface area contributed by atoms with E-state index in [0.717, 1.165) is 11.3 Å². The summed E-state index contributed by atoms with van der Waals surface area (Å²) in [6.07, 6.45) is 1.88. The van der Waals surface area contributed by atoms with Crippen molar-refractivity contribution in [1.29, 1.82) is 0 Å². The lowest BCUT2D eigenvalue weighted by Crippen LogP contribution is -2.13. The van der Waals surface area contributed by atoms with Crippen LogP contribution in [-0.2, 0) is 11.4 Å². The van der Waals surface area contributed by atoms with E-state index in [9.17, 15) is 9.59 Å². The first kappa shape index (κ1) is 16.9. The molecule has 0 heterocycles. The monoisotopic (exact) mass is 330 g/mol. The molecule has 5 nitrogen and oxygen atoms in total. The Bertz CT molecular complexity index is 686. The third-order valence-corrected chi connectivity index (χ3v) is 3.58. The number of ether oxygens (including phenoxy) is 1. The van der Waals surface area contributed by atoms with E-state index in [-0.39, 0.29) is 5.91 Å². The van der Waals surface area contributed by atoms with E-state index in [1.807, 2.05) is 12.3 Å². The van der Waals surface area contributed by atoms with Gasteiger partial charge in [0, 0.05) is 11.3 Å². The molecule has 3 N–H and O–H groups in total. The fourth-order valence-electron chi connectivity index (χ4n) is 1.94. The van der Waals surface area contributed by atoms with Crippen LogP contribution >= 0.6 is 11.8 Å². The van der Waals surface area contributed by atoms with Crippen LogP contribution in [0.1, 0.15) is 15.9 Å². The van der Waals surface area contributed by atoms with Crippen molar-refractivity contribution in [2.24, 2.45) is 5.73 Å². The van der Waals surface area contributed by atoms with E-state index in [0.29, 0.717) is 23.7 Å². The highest BCUT2D eigenvalue weighted by Crippen LogP contribution is 2.17. The quantitative estimate of drug-likeness (QED) is 0.818. The summed E-state index contributed by atoms with van der Waals surface area (Å²) < 4.78 is 5.67. The molecule has 120 valence electrons. The number of hydrogen-bond acceptors (Lipinski definition) is 4. The molecular formula is C17H18N2O3S. The highest BCUT2D eigenvalue weighted by atomic mass is 32.2. The minimum Gasteiger partial charge on any atom is -0.489 e. The molecule has 0 radical (unpaired) electrons. The largest absolute Gasteiger partial charge is 0.489 e. The van der Waals surface area contributed by atoms with Crippen molar-refractivity contribution in [3.05, 3.63) is 59.7 Å². The van der Waals surface area contributed by atoms with Gasteiger partial charge in [0.2, 0.25) is 11.8 Å². The zero-order valence-electron chi connectivity index (χ0n) is 12.7. The molecule has 0 fully saturated rings. The molecular weight excluding hydrogens is 312 g/mol. The van der Waals surface area contributed by atoms with Crippen molar-refractivity contribution in [2.45, 2.75) is 6.61 Å². The van der Waals surface area contributed by atoms with Gasteiger partial charge in [-0.1, -0.05) is 12.1 Å². The molecule has 0 bridgehead atoms. The lowest BCUT2D eigenvalue weighted by molar-refractivity contribution is -0.113. The molecule has 0 unspecified atom stereocenters. The summed E-state index contributed by atoms with van der Waals surface area (Å²) in [6.45, 7) is 0.333. The van der Waals surface area contributed by atoms with Gasteiger partial charge in [0.05, 0.1) is 5.75 Å². The lowest BCUT2D eigenvalue weighted by Gasteiger charge is -2.09.